The first kappa shape index (κ1) is 12.3. The van der Waals surface area contributed by atoms with Crippen molar-refractivity contribution in [1.29, 1.82) is 0 Å². The van der Waals surface area contributed by atoms with Crippen LogP contribution in [0, 0.1) is 5.92 Å². The van der Waals surface area contributed by atoms with E-state index in [4.69, 9.17) is 0 Å². The molecule has 0 aromatic heterocycles. The summed E-state index contributed by atoms with van der Waals surface area (Å²) >= 11 is 0. The zero-order valence-corrected chi connectivity index (χ0v) is 10.9. The van der Waals surface area contributed by atoms with Gasteiger partial charge in [-0.3, -0.25) is 5.43 Å². The minimum atomic E-state index is 0.752. The molecule has 0 aromatic carbocycles. The van der Waals surface area contributed by atoms with Gasteiger partial charge in [0.1, 0.15) is 0 Å². The summed E-state index contributed by atoms with van der Waals surface area (Å²) in [4.78, 5) is 2.41. The Hall–Kier alpha value is -0.120. The van der Waals surface area contributed by atoms with E-state index in [1.807, 2.05) is 0 Å². The predicted octanol–water partition coefficient (Wildman–Crippen LogP) is 1.71. The molecule has 1 saturated heterocycles. The second-order valence-corrected chi connectivity index (χ2v) is 5.48. The Labute approximate surface area is 100 Å². The Morgan fingerprint density at radius 3 is 2.44 bits per heavy atom. The highest BCUT2D eigenvalue weighted by Crippen LogP contribution is 2.27. The maximum atomic E-state index is 3.79. The molecular formula is C13H27N3. The van der Waals surface area contributed by atoms with Crippen molar-refractivity contribution < 1.29 is 0 Å². The van der Waals surface area contributed by atoms with E-state index >= 15 is 0 Å². The Morgan fingerprint density at radius 2 is 1.75 bits per heavy atom. The molecule has 1 N–H and O–H groups in total. The van der Waals surface area contributed by atoms with E-state index in [2.05, 4.69) is 29.3 Å². The van der Waals surface area contributed by atoms with Gasteiger partial charge in [-0.1, -0.05) is 26.2 Å². The molecule has 3 nitrogen and oxygen atoms in total. The van der Waals surface area contributed by atoms with Crippen molar-refractivity contribution in [2.75, 3.05) is 33.2 Å². The van der Waals surface area contributed by atoms with Crippen molar-refractivity contribution in [3.63, 3.8) is 0 Å². The summed E-state index contributed by atoms with van der Waals surface area (Å²) in [5.74, 6) is 0.911. The molecule has 2 aliphatic rings. The topological polar surface area (TPSA) is 18.5 Å². The number of likely N-dealkylation sites (N-methyl/N-ethyl adjacent to an activating group) is 1. The first-order chi connectivity index (χ1) is 7.79. The Morgan fingerprint density at radius 1 is 1.06 bits per heavy atom. The highest BCUT2D eigenvalue weighted by atomic mass is 15.5. The Bertz CT molecular complexity index is 199. The second kappa shape index (κ2) is 5.99. The second-order valence-electron chi connectivity index (χ2n) is 5.48. The summed E-state index contributed by atoms with van der Waals surface area (Å²) < 4.78 is 0. The van der Waals surface area contributed by atoms with Gasteiger partial charge >= 0.3 is 0 Å². The van der Waals surface area contributed by atoms with Gasteiger partial charge in [-0.2, -0.15) is 0 Å². The van der Waals surface area contributed by atoms with Crippen LogP contribution in [0.2, 0.25) is 0 Å². The highest BCUT2D eigenvalue weighted by molar-refractivity contribution is 4.80. The van der Waals surface area contributed by atoms with E-state index in [0.29, 0.717) is 0 Å². The molecule has 1 heterocycles. The fourth-order valence-corrected chi connectivity index (χ4v) is 3.04. The molecular weight excluding hydrogens is 198 g/mol. The Balaban J connectivity index is 1.78. The van der Waals surface area contributed by atoms with Crippen molar-refractivity contribution >= 4 is 0 Å². The van der Waals surface area contributed by atoms with Crippen molar-refractivity contribution in [1.82, 2.24) is 15.3 Å². The molecule has 0 amide bonds. The molecule has 2 rings (SSSR count). The van der Waals surface area contributed by atoms with Crippen LogP contribution in [-0.4, -0.2) is 49.2 Å². The molecule has 1 aliphatic carbocycles. The number of piperazine rings is 1. The summed E-state index contributed by atoms with van der Waals surface area (Å²) in [6.45, 7) is 7.12. The first-order valence-electron chi connectivity index (χ1n) is 6.99. The maximum Gasteiger partial charge on any atom is 0.0259 e. The smallest absolute Gasteiger partial charge is 0.0259 e. The minimum Gasteiger partial charge on any atom is -0.304 e. The van der Waals surface area contributed by atoms with Crippen LogP contribution in [0.15, 0.2) is 0 Å². The lowest BCUT2D eigenvalue weighted by atomic mass is 9.83. The van der Waals surface area contributed by atoms with E-state index in [9.17, 15) is 0 Å². The average molecular weight is 225 g/mol. The lowest BCUT2D eigenvalue weighted by Gasteiger charge is -2.39. The van der Waals surface area contributed by atoms with Crippen LogP contribution in [0.1, 0.15) is 39.0 Å². The average Bonchev–Trinajstić information content (AvgIpc) is 2.33. The quantitative estimate of drug-likeness (QED) is 0.789. The van der Waals surface area contributed by atoms with Crippen LogP contribution in [0.3, 0.4) is 0 Å². The van der Waals surface area contributed by atoms with Gasteiger partial charge in [0.15, 0.2) is 0 Å². The fraction of sp³-hybridized carbons (Fsp3) is 1.00. The van der Waals surface area contributed by atoms with Gasteiger partial charge in [-0.25, -0.2) is 5.01 Å². The molecule has 94 valence electrons. The van der Waals surface area contributed by atoms with Gasteiger partial charge in [0.05, 0.1) is 0 Å². The molecule has 0 spiro atoms. The first-order valence-corrected chi connectivity index (χ1v) is 6.99. The van der Waals surface area contributed by atoms with Gasteiger partial charge < -0.3 is 4.90 Å². The van der Waals surface area contributed by atoms with Crippen LogP contribution in [0.4, 0.5) is 0 Å². The monoisotopic (exact) mass is 225 g/mol. The van der Waals surface area contributed by atoms with Crippen molar-refractivity contribution in [2.45, 2.75) is 45.1 Å². The van der Waals surface area contributed by atoms with Crippen LogP contribution < -0.4 is 5.43 Å². The molecule has 16 heavy (non-hydrogen) atoms. The van der Waals surface area contributed by atoms with Gasteiger partial charge in [0, 0.05) is 32.2 Å². The summed E-state index contributed by atoms with van der Waals surface area (Å²) in [6, 6.07) is 0.752. The number of nitrogens with zero attached hydrogens (tertiary/aromatic N) is 2. The van der Waals surface area contributed by atoms with E-state index < -0.39 is 0 Å². The lowest BCUT2D eigenvalue weighted by molar-refractivity contribution is 0.0607. The number of hydrogen-bond acceptors (Lipinski definition) is 3. The number of hydrazine groups is 1. The molecule has 2 atom stereocenters. The molecule has 1 saturated carbocycles. The zero-order chi connectivity index (χ0) is 11.4. The molecule has 0 radical (unpaired) electrons. The summed E-state index contributed by atoms with van der Waals surface area (Å²) in [5, 5.41) is 2.46. The largest absolute Gasteiger partial charge is 0.304 e. The predicted molar refractivity (Wildman–Crippen MR) is 68.2 cm³/mol. The zero-order valence-electron chi connectivity index (χ0n) is 10.9. The lowest BCUT2D eigenvalue weighted by Crippen LogP contribution is -2.55. The van der Waals surface area contributed by atoms with E-state index in [1.54, 1.807) is 0 Å². The number of hydrogen-bond donors (Lipinski definition) is 1. The summed E-state index contributed by atoms with van der Waals surface area (Å²) in [6.07, 6.45) is 7.01. The van der Waals surface area contributed by atoms with Gasteiger partial charge in [-0.15, -0.1) is 0 Å². The van der Waals surface area contributed by atoms with Gasteiger partial charge in [-0.05, 0) is 25.8 Å². The van der Waals surface area contributed by atoms with Crippen LogP contribution >= 0.6 is 0 Å². The molecule has 2 unspecified atom stereocenters. The summed E-state index contributed by atoms with van der Waals surface area (Å²) in [7, 11) is 2.22. The number of nitrogens with one attached hydrogen (secondary N) is 1. The van der Waals surface area contributed by atoms with E-state index in [-0.39, 0.29) is 0 Å². The minimum absolute atomic E-state index is 0.752. The van der Waals surface area contributed by atoms with Crippen LogP contribution in [0.25, 0.3) is 0 Å². The van der Waals surface area contributed by atoms with Gasteiger partial charge in [0.25, 0.3) is 0 Å². The van der Waals surface area contributed by atoms with Crippen molar-refractivity contribution in [3.8, 4) is 0 Å². The highest BCUT2D eigenvalue weighted by Gasteiger charge is 2.26. The molecule has 0 aromatic rings. The molecule has 1 aliphatic heterocycles. The maximum absolute atomic E-state index is 3.79. The molecule has 0 bridgehead atoms. The normalized spacial score (nSPS) is 34.1. The summed E-state index contributed by atoms with van der Waals surface area (Å²) in [5.41, 5.74) is 3.79. The van der Waals surface area contributed by atoms with Crippen LogP contribution in [0.5, 0.6) is 0 Å². The molecule has 3 heteroatoms. The van der Waals surface area contributed by atoms with Crippen molar-refractivity contribution in [3.05, 3.63) is 0 Å². The number of rotatable bonds is 3. The third-order valence-electron chi connectivity index (χ3n) is 4.29. The third-order valence-corrected chi connectivity index (χ3v) is 4.29. The van der Waals surface area contributed by atoms with E-state index in [1.165, 1.54) is 58.3 Å². The molecule has 2 fully saturated rings. The SMILES string of the molecule is CCC1CCCCC1NN1CCN(C)CC1. The van der Waals surface area contributed by atoms with Gasteiger partial charge in [0.2, 0.25) is 0 Å². The van der Waals surface area contributed by atoms with Crippen LogP contribution in [-0.2, 0) is 0 Å². The fourth-order valence-electron chi connectivity index (χ4n) is 3.04. The third kappa shape index (κ3) is 3.19. The van der Waals surface area contributed by atoms with Crippen molar-refractivity contribution in [2.24, 2.45) is 5.92 Å². The van der Waals surface area contributed by atoms with E-state index in [0.717, 1.165) is 12.0 Å². The Kier molecular flexibility index (Phi) is 4.62. The standard InChI is InChI=1S/C13H27N3/c1-3-12-6-4-5-7-13(12)14-16-10-8-15(2)9-11-16/h12-14H,3-11H2,1-2H3.